The third-order valence-corrected chi connectivity index (χ3v) is 1.65. The molecule has 0 aliphatic rings. The second-order valence-corrected chi connectivity index (χ2v) is 2.58. The monoisotopic (exact) mass is 183 g/mol. The van der Waals surface area contributed by atoms with Crippen molar-refractivity contribution in [3.05, 3.63) is 16.6 Å². The van der Waals surface area contributed by atoms with Crippen molar-refractivity contribution in [3.8, 4) is 0 Å². The highest BCUT2D eigenvalue weighted by Gasteiger charge is 2.40. The van der Waals surface area contributed by atoms with Gasteiger partial charge in [0.05, 0.1) is 11.2 Å². The normalized spacial score (nSPS) is 14.9. The molecule has 1 aromatic heterocycles. The number of nitrogens with zero attached hydrogens (tertiary/aromatic N) is 1. The molecule has 0 bridgehead atoms. The minimum Gasteiger partial charge on any atom is -0.378 e. The Kier molecular flexibility index (Phi) is 2.15. The van der Waals surface area contributed by atoms with Crippen molar-refractivity contribution in [2.75, 3.05) is 0 Å². The van der Waals surface area contributed by atoms with Gasteiger partial charge in [-0.25, -0.2) is 4.98 Å². The second kappa shape index (κ2) is 2.78. The molecule has 1 N–H and O–H groups in total. The Morgan fingerprint density at radius 2 is 2.18 bits per heavy atom. The van der Waals surface area contributed by atoms with E-state index in [1.165, 1.54) is 5.51 Å². The highest BCUT2D eigenvalue weighted by atomic mass is 32.1. The molecule has 6 heteroatoms. The Morgan fingerprint density at radius 1 is 1.55 bits per heavy atom. The van der Waals surface area contributed by atoms with Gasteiger partial charge in [-0.15, -0.1) is 11.3 Å². The van der Waals surface area contributed by atoms with Crippen LogP contribution >= 0.6 is 11.3 Å². The number of hydrogen-bond acceptors (Lipinski definition) is 3. The summed E-state index contributed by atoms with van der Waals surface area (Å²) in [6, 6.07) is 0. The van der Waals surface area contributed by atoms with E-state index in [0.29, 0.717) is 0 Å². The van der Waals surface area contributed by atoms with Crippen molar-refractivity contribution < 1.29 is 18.3 Å². The van der Waals surface area contributed by atoms with E-state index in [-0.39, 0.29) is 5.69 Å². The average molecular weight is 183 g/mol. The molecule has 11 heavy (non-hydrogen) atoms. The quantitative estimate of drug-likeness (QED) is 0.719. The average Bonchev–Trinajstić information content (AvgIpc) is 2.34. The third kappa shape index (κ3) is 1.90. The van der Waals surface area contributed by atoms with Gasteiger partial charge in [0.2, 0.25) is 0 Å². The number of aliphatic hydroxyl groups is 1. The second-order valence-electron chi connectivity index (χ2n) is 1.86. The van der Waals surface area contributed by atoms with E-state index in [4.69, 9.17) is 5.11 Å². The van der Waals surface area contributed by atoms with E-state index in [2.05, 4.69) is 4.98 Å². The van der Waals surface area contributed by atoms with E-state index in [0.717, 1.165) is 16.7 Å². The maximum atomic E-state index is 11.7. The zero-order valence-electron chi connectivity index (χ0n) is 5.17. The minimum atomic E-state index is -4.62. The van der Waals surface area contributed by atoms with E-state index >= 15 is 0 Å². The highest BCUT2D eigenvalue weighted by Crippen LogP contribution is 2.31. The number of alkyl halides is 3. The lowest BCUT2D eigenvalue weighted by molar-refractivity contribution is -0.207. The Labute approximate surface area is 64.3 Å². The van der Waals surface area contributed by atoms with Crippen LogP contribution in [-0.2, 0) is 0 Å². The summed E-state index contributed by atoms with van der Waals surface area (Å²) in [4.78, 5) is 3.33. The van der Waals surface area contributed by atoms with Crippen LogP contribution in [0.2, 0.25) is 0 Å². The number of hydrogen-bond donors (Lipinski definition) is 1. The van der Waals surface area contributed by atoms with E-state index < -0.39 is 12.3 Å². The Hall–Kier alpha value is -0.620. The lowest BCUT2D eigenvalue weighted by Crippen LogP contribution is -2.20. The van der Waals surface area contributed by atoms with Crippen LogP contribution in [0.4, 0.5) is 13.2 Å². The molecule has 0 aliphatic carbocycles. The number of aliphatic hydroxyl groups excluding tert-OH is 1. The molecule has 62 valence electrons. The van der Waals surface area contributed by atoms with Gasteiger partial charge in [-0.3, -0.25) is 0 Å². The highest BCUT2D eigenvalue weighted by molar-refractivity contribution is 7.07. The van der Waals surface area contributed by atoms with Crippen molar-refractivity contribution in [2.45, 2.75) is 12.3 Å². The predicted octanol–water partition coefficient (Wildman–Crippen LogP) is 1.74. The maximum Gasteiger partial charge on any atom is 0.420 e. The van der Waals surface area contributed by atoms with Crippen LogP contribution in [0.25, 0.3) is 0 Å². The number of thiazole rings is 1. The molecular weight excluding hydrogens is 179 g/mol. The summed E-state index contributed by atoms with van der Waals surface area (Å²) in [6.45, 7) is 0. The molecule has 0 saturated carbocycles. The van der Waals surface area contributed by atoms with Gasteiger partial charge in [-0.1, -0.05) is 0 Å². The summed E-state index contributed by atoms with van der Waals surface area (Å²) < 4.78 is 35.2. The molecule has 0 amide bonds. The van der Waals surface area contributed by atoms with Crippen molar-refractivity contribution in [3.63, 3.8) is 0 Å². The van der Waals surface area contributed by atoms with Crippen LogP contribution in [0.5, 0.6) is 0 Å². The standard InChI is InChI=1S/C5H4F3NOS/c6-5(7,8)4(10)3-1-11-2-9-3/h1-2,4,10H/t4-/m0/s1. The van der Waals surface area contributed by atoms with Gasteiger partial charge in [0, 0.05) is 5.38 Å². The molecule has 0 fully saturated rings. The van der Waals surface area contributed by atoms with Gasteiger partial charge in [-0.05, 0) is 0 Å². The number of rotatable bonds is 1. The Balaban J connectivity index is 2.78. The summed E-state index contributed by atoms with van der Waals surface area (Å²) in [5.74, 6) is 0. The summed E-state index contributed by atoms with van der Waals surface area (Å²) in [5.41, 5.74) is 0.895. The predicted molar refractivity (Wildman–Crippen MR) is 33.1 cm³/mol. The maximum absolute atomic E-state index is 11.7. The summed E-state index contributed by atoms with van der Waals surface area (Å²) >= 11 is 1.01. The molecular formula is C5H4F3NOS. The van der Waals surface area contributed by atoms with Gasteiger partial charge in [0.1, 0.15) is 0 Å². The molecule has 1 heterocycles. The minimum absolute atomic E-state index is 0.345. The van der Waals surface area contributed by atoms with Crippen molar-refractivity contribution >= 4 is 11.3 Å². The molecule has 2 nitrogen and oxygen atoms in total. The molecule has 0 aliphatic heterocycles. The molecule has 0 spiro atoms. The zero-order valence-corrected chi connectivity index (χ0v) is 5.99. The van der Waals surface area contributed by atoms with Gasteiger partial charge < -0.3 is 5.11 Å². The lowest BCUT2D eigenvalue weighted by atomic mass is 10.3. The SMILES string of the molecule is O[C@@H](c1cscn1)C(F)(F)F. The van der Waals surface area contributed by atoms with Crippen molar-refractivity contribution in [1.29, 1.82) is 0 Å². The van der Waals surface area contributed by atoms with Crippen molar-refractivity contribution in [2.24, 2.45) is 0 Å². The topological polar surface area (TPSA) is 33.1 Å². The largest absolute Gasteiger partial charge is 0.420 e. The van der Waals surface area contributed by atoms with Gasteiger partial charge >= 0.3 is 6.18 Å². The number of aromatic nitrogens is 1. The smallest absolute Gasteiger partial charge is 0.378 e. The first-order valence-electron chi connectivity index (χ1n) is 2.64. The van der Waals surface area contributed by atoms with E-state index in [1.54, 1.807) is 0 Å². The van der Waals surface area contributed by atoms with Crippen LogP contribution in [0.15, 0.2) is 10.9 Å². The van der Waals surface area contributed by atoms with Crippen LogP contribution in [0.1, 0.15) is 11.8 Å². The fourth-order valence-corrected chi connectivity index (χ4v) is 1.10. The first-order valence-corrected chi connectivity index (χ1v) is 3.59. The fourth-order valence-electron chi connectivity index (χ4n) is 0.525. The summed E-state index contributed by atoms with van der Waals surface area (Å²) in [6.07, 6.45) is -7.07. The van der Waals surface area contributed by atoms with Gasteiger partial charge in [0.15, 0.2) is 6.10 Å². The molecule has 0 aromatic carbocycles. The molecule has 1 rings (SSSR count). The molecule has 0 radical (unpaired) electrons. The molecule has 1 atom stereocenters. The third-order valence-electron chi connectivity index (χ3n) is 1.04. The first-order chi connectivity index (χ1) is 5.02. The number of halogens is 3. The van der Waals surface area contributed by atoms with Crippen LogP contribution < -0.4 is 0 Å². The fraction of sp³-hybridized carbons (Fsp3) is 0.400. The zero-order chi connectivity index (χ0) is 8.48. The van der Waals surface area contributed by atoms with Crippen LogP contribution in [0.3, 0.4) is 0 Å². The molecule has 0 saturated heterocycles. The van der Waals surface area contributed by atoms with Gasteiger partial charge in [-0.2, -0.15) is 13.2 Å². The Morgan fingerprint density at radius 3 is 2.55 bits per heavy atom. The van der Waals surface area contributed by atoms with E-state index in [1.807, 2.05) is 0 Å². The van der Waals surface area contributed by atoms with Gasteiger partial charge in [0.25, 0.3) is 0 Å². The lowest BCUT2D eigenvalue weighted by Gasteiger charge is -2.10. The summed E-state index contributed by atoms with van der Waals surface area (Å²) in [5, 5.41) is 9.73. The molecule has 1 aromatic rings. The Bertz CT molecular complexity index is 220. The van der Waals surface area contributed by atoms with E-state index in [9.17, 15) is 13.2 Å². The first kappa shape index (κ1) is 8.48. The van der Waals surface area contributed by atoms with Crippen LogP contribution in [-0.4, -0.2) is 16.3 Å². The van der Waals surface area contributed by atoms with Crippen molar-refractivity contribution in [1.82, 2.24) is 4.98 Å². The van der Waals surface area contributed by atoms with Crippen LogP contribution in [0, 0.1) is 0 Å². The summed E-state index contributed by atoms with van der Waals surface area (Å²) in [7, 11) is 0. The molecule has 0 unspecified atom stereocenters.